The summed E-state index contributed by atoms with van der Waals surface area (Å²) in [7, 11) is 0. The van der Waals surface area contributed by atoms with Crippen LogP contribution in [0.5, 0.6) is 5.75 Å². The number of benzene rings is 1. The Balaban J connectivity index is 0.00000176. The second kappa shape index (κ2) is 6.08. The molecule has 1 heterocycles. The van der Waals surface area contributed by atoms with E-state index in [-0.39, 0.29) is 12.8 Å². The van der Waals surface area contributed by atoms with E-state index in [1.54, 1.807) is 0 Å². The predicted octanol–water partition coefficient (Wildman–Crippen LogP) is 4.52. The molecule has 1 aliphatic carbocycles. The summed E-state index contributed by atoms with van der Waals surface area (Å²) < 4.78 is 0. The third kappa shape index (κ3) is 2.69. The molecule has 0 amide bonds. The molecule has 22 heavy (non-hydrogen) atoms. The molecule has 1 aromatic carbocycles. The minimum absolute atomic E-state index is 0. The predicted molar refractivity (Wildman–Crippen MR) is 94.5 cm³/mol. The number of hydrogen-bond donors (Lipinski definition) is 1. The summed E-state index contributed by atoms with van der Waals surface area (Å²) in [5.74, 6) is 1.04. The molecule has 1 aromatic rings. The van der Waals surface area contributed by atoms with Gasteiger partial charge in [0.1, 0.15) is 5.75 Å². The van der Waals surface area contributed by atoms with Gasteiger partial charge in [-0.2, -0.15) is 0 Å². The number of likely N-dealkylation sites (tertiary alicyclic amines) is 1. The zero-order valence-electron chi connectivity index (χ0n) is 13.7. The van der Waals surface area contributed by atoms with Crippen LogP contribution in [0, 0.1) is 5.92 Å². The molecule has 1 N–H and O–H groups in total. The fourth-order valence-electron chi connectivity index (χ4n) is 4.22. The van der Waals surface area contributed by atoms with Crippen molar-refractivity contribution in [3.05, 3.63) is 41.0 Å². The van der Waals surface area contributed by atoms with Crippen molar-refractivity contribution in [1.82, 2.24) is 4.90 Å². The molecule has 0 aromatic heterocycles. The van der Waals surface area contributed by atoms with E-state index in [1.807, 2.05) is 12.1 Å². The van der Waals surface area contributed by atoms with Crippen molar-refractivity contribution >= 4 is 0 Å². The summed E-state index contributed by atoms with van der Waals surface area (Å²) in [6, 6.07) is 6.60. The molecule has 0 radical (unpaired) electrons. The Morgan fingerprint density at radius 1 is 1.41 bits per heavy atom. The van der Waals surface area contributed by atoms with Gasteiger partial charge >= 0.3 is 0 Å². The van der Waals surface area contributed by atoms with Gasteiger partial charge in [0, 0.05) is 12.6 Å². The number of allylic oxidation sites excluding steroid dienone is 1. The topological polar surface area (TPSA) is 23.5 Å². The minimum Gasteiger partial charge on any atom is -0.508 e. The summed E-state index contributed by atoms with van der Waals surface area (Å²) in [6.07, 6.45) is 4.64. The normalized spacial score (nSPS) is 30.2. The number of piperidine rings is 1. The van der Waals surface area contributed by atoms with Crippen molar-refractivity contribution in [2.75, 3.05) is 13.1 Å². The maximum absolute atomic E-state index is 9.87. The van der Waals surface area contributed by atoms with Crippen LogP contribution in [0.4, 0.5) is 0 Å². The summed E-state index contributed by atoms with van der Waals surface area (Å²) in [5.41, 5.74) is 4.42. The molecule has 0 spiro atoms. The van der Waals surface area contributed by atoms with Crippen LogP contribution in [-0.2, 0) is 11.8 Å². The van der Waals surface area contributed by atoms with Gasteiger partial charge in [-0.15, -0.1) is 0 Å². The summed E-state index contributed by atoms with van der Waals surface area (Å²) in [5, 5.41) is 9.87. The first-order valence-corrected chi connectivity index (χ1v) is 8.11. The van der Waals surface area contributed by atoms with Crippen molar-refractivity contribution in [2.45, 2.75) is 59.4 Å². The second-order valence-electron chi connectivity index (χ2n) is 7.35. The summed E-state index contributed by atoms with van der Waals surface area (Å²) in [4.78, 5) is 2.65. The van der Waals surface area contributed by atoms with Crippen molar-refractivity contribution in [3.8, 4) is 5.75 Å². The third-order valence-corrected chi connectivity index (χ3v) is 5.84. The Labute approximate surface area is 135 Å². The Hall–Kier alpha value is -1.28. The molecule has 2 bridgehead atoms. The monoisotopic (exact) mass is 301 g/mol. The van der Waals surface area contributed by atoms with E-state index in [9.17, 15) is 5.11 Å². The van der Waals surface area contributed by atoms with E-state index in [2.05, 4.69) is 44.7 Å². The highest BCUT2D eigenvalue weighted by Crippen LogP contribution is 2.49. The van der Waals surface area contributed by atoms with Crippen LogP contribution < -0.4 is 0 Å². The number of phenolic OH excluding ortho intramolecular Hbond substituents is 1. The van der Waals surface area contributed by atoms with Crippen LogP contribution in [0.2, 0.25) is 0 Å². The van der Waals surface area contributed by atoms with Crippen molar-refractivity contribution < 1.29 is 5.11 Å². The highest BCUT2D eigenvalue weighted by molar-refractivity contribution is 5.44. The molecular formula is C20H31NO. The van der Waals surface area contributed by atoms with E-state index in [0.717, 1.165) is 19.5 Å². The second-order valence-corrected chi connectivity index (χ2v) is 7.35. The number of hydrogen-bond acceptors (Lipinski definition) is 2. The lowest BCUT2D eigenvalue weighted by molar-refractivity contribution is 0.0397. The smallest absolute Gasteiger partial charge is 0.115 e. The SMILES string of the molecule is C.CC(C)=CCN1CC[C@]2(C)c3cc(O)ccc3C[C@H]1[C@H]2C. The highest BCUT2D eigenvalue weighted by Gasteiger charge is 2.48. The van der Waals surface area contributed by atoms with Gasteiger partial charge < -0.3 is 5.11 Å². The molecule has 0 saturated carbocycles. The van der Waals surface area contributed by atoms with E-state index in [1.165, 1.54) is 23.1 Å². The van der Waals surface area contributed by atoms with Gasteiger partial charge in [-0.05, 0) is 67.8 Å². The van der Waals surface area contributed by atoms with E-state index >= 15 is 0 Å². The number of phenols is 1. The van der Waals surface area contributed by atoms with Crippen LogP contribution in [0.1, 0.15) is 52.7 Å². The van der Waals surface area contributed by atoms with Gasteiger partial charge in [0.15, 0.2) is 0 Å². The first-order chi connectivity index (χ1) is 9.91. The van der Waals surface area contributed by atoms with Crippen molar-refractivity contribution in [3.63, 3.8) is 0 Å². The van der Waals surface area contributed by atoms with E-state index < -0.39 is 0 Å². The fraction of sp³-hybridized carbons (Fsp3) is 0.600. The standard InChI is InChI=1S/C19H27NO.CH4/c1-13(2)7-9-20-10-8-19(4)14(3)18(20)11-15-5-6-16(21)12-17(15)19;/h5-7,12,14,18,21H,8-11H2,1-4H3;1H4/t14-,18+,19+;/m1./s1. The summed E-state index contributed by atoms with van der Waals surface area (Å²) in [6.45, 7) is 11.4. The van der Waals surface area contributed by atoms with Gasteiger partial charge in [0.25, 0.3) is 0 Å². The molecule has 3 rings (SSSR count). The van der Waals surface area contributed by atoms with Crippen molar-refractivity contribution in [2.24, 2.45) is 5.92 Å². The number of rotatable bonds is 2. The molecule has 1 aliphatic heterocycles. The fourth-order valence-corrected chi connectivity index (χ4v) is 4.22. The lowest BCUT2D eigenvalue weighted by Crippen LogP contribution is -2.57. The first kappa shape index (κ1) is 17.1. The molecule has 122 valence electrons. The quantitative estimate of drug-likeness (QED) is 0.812. The molecule has 0 unspecified atom stereocenters. The maximum atomic E-state index is 9.87. The molecule has 2 heteroatoms. The average molecular weight is 301 g/mol. The highest BCUT2D eigenvalue weighted by atomic mass is 16.3. The zero-order chi connectivity index (χ0) is 15.2. The van der Waals surface area contributed by atoms with Gasteiger partial charge in [0.2, 0.25) is 0 Å². The minimum atomic E-state index is 0. The molecule has 2 nitrogen and oxygen atoms in total. The zero-order valence-corrected chi connectivity index (χ0v) is 13.7. The lowest BCUT2D eigenvalue weighted by atomic mass is 9.59. The maximum Gasteiger partial charge on any atom is 0.115 e. The van der Waals surface area contributed by atoms with Gasteiger partial charge in [0.05, 0.1) is 0 Å². The first-order valence-electron chi connectivity index (χ1n) is 8.11. The molecule has 1 fully saturated rings. The van der Waals surface area contributed by atoms with Crippen LogP contribution in [0.3, 0.4) is 0 Å². The van der Waals surface area contributed by atoms with Crippen molar-refractivity contribution in [1.29, 1.82) is 0 Å². The Morgan fingerprint density at radius 2 is 2.14 bits per heavy atom. The van der Waals surface area contributed by atoms with Crippen LogP contribution >= 0.6 is 0 Å². The summed E-state index contributed by atoms with van der Waals surface area (Å²) >= 11 is 0. The molecule has 1 saturated heterocycles. The largest absolute Gasteiger partial charge is 0.508 e. The number of aromatic hydroxyl groups is 1. The van der Waals surface area contributed by atoms with E-state index in [4.69, 9.17) is 0 Å². The third-order valence-electron chi connectivity index (χ3n) is 5.84. The van der Waals surface area contributed by atoms with Gasteiger partial charge in [-0.3, -0.25) is 4.90 Å². The van der Waals surface area contributed by atoms with Crippen LogP contribution in [0.25, 0.3) is 0 Å². The molecule has 3 atom stereocenters. The Morgan fingerprint density at radius 3 is 2.82 bits per heavy atom. The Kier molecular flexibility index (Phi) is 4.72. The molecule has 2 aliphatic rings. The van der Waals surface area contributed by atoms with Crippen LogP contribution in [-0.4, -0.2) is 29.1 Å². The van der Waals surface area contributed by atoms with Crippen LogP contribution in [0.15, 0.2) is 29.8 Å². The lowest BCUT2D eigenvalue weighted by Gasteiger charge is -2.54. The average Bonchev–Trinajstić information content (AvgIpc) is 2.43. The molecular weight excluding hydrogens is 270 g/mol. The van der Waals surface area contributed by atoms with Gasteiger partial charge in [-0.1, -0.05) is 39.0 Å². The Bertz CT molecular complexity index is 573. The van der Waals surface area contributed by atoms with E-state index in [0.29, 0.717) is 17.7 Å². The number of nitrogens with zero attached hydrogens (tertiary/aromatic N) is 1. The number of fused-ring (bicyclic) bond motifs is 4. The van der Waals surface area contributed by atoms with Gasteiger partial charge in [-0.25, -0.2) is 0 Å².